The van der Waals surface area contributed by atoms with Crippen molar-refractivity contribution in [2.45, 2.75) is 11.6 Å². The van der Waals surface area contributed by atoms with Crippen molar-refractivity contribution >= 4 is 29.4 Å². The lowest BCUT2D eigenvalue weighted by Crippen LogP contribution is -2.07. The number of rotatable bonds is 1. The lowest BCUT2D eigenvalue weighted by molar-refractivity contribution is 1.33. The molecule has 1 atom stereocenters. The monoisotopic (exact) mass is 136 g/mol. The molecular formula is C3H8N2S2. The standard InChI is InChI=1S/C3H8N2S2/c1-2(4)7-3(5)6/h3-4,6H,5H2,1H3. The maximum atomic E-state index is 6.86. The first-order chi connectivity index (χ1) is 3.13. The van der Waals surface area contributed by atoms with E-state index >= 15 is 0 Å². The van der Waals surface area contributed by atoms with Gasteiger partial charge in [-0.15, -0.1) is 12.6 Å². The van der Waals surface area contributed by atoms with Gasteiger partial charge in [-0.1, -0.05) is 11.8 Å². The summed E-state index contributed by atoms with van der Waals surface area (Å²) < 4.78 is -0.238. The van der Waals surface area contributed by atoms with Gasteiger partial charge in [-0.05, 0) is 6.92 Å². The van der Waals surface area contributed by atoms with Crippen LogP contribution < -0.4 is 5.73 Å². The molecule has 0 bridgehead atoms. The van der Waals surface area contributed by atoms with Crippen LogP contribution in [0.25, 0.3) is 0 Å². The van der Waals surface area contributed by atoms with Gasteiger partial charge in [-0.2, -0.15) is 0 Å². The van der Waals surface area contributed by atoms with Crippen LogP contribution in [0.5, 0.6) is 0 Å². The molecule has 1 unspecified atom stereocenters. The minimum Gasteiger partial charge on any atom is -0.311 e. The molecule has 0 saturated carbocycles. The van der Waals surface area contributed by atoms with Crippen molar-refractivity contribution in [3.8, 4) is 0 Å². The second kappa shape index (κ2) is 3.35. The summed E-state index contributed by atoms with van der Waals surface area (Å²) in [4.78, 5) is 0. The van der Waals surface area contributed by atoms with E-state index in [1.54, 1.807) is 6.92 Å². The Balaban J connectivity index is 3.13. The van der Waals surface area contributed by atoms with Crippen LogP contribution in [0, 0.1) is 5.41 Å². The van der Waals surface area contributed by atoms with Gasteiger partial charge in [0.25, 0.3) is 0 Å². The zero-order chi connectivity index (χ0) is 5.86. The van der Waals surface area contributed by atoms with Gasteiger partial charge in [0.05, 0.1) is 5.04 Å². The predicted molar refractivity (Wildman–Crippen MR) is 38.0 cm³/mol. The minimum absolute atomic E-state index is 0.238. The highest BCUT2D eigenvalue weighted by atomic mass is 32.2. The molecule has 42 valence electrons. The molecule has 2 nitrogen and oxygen atoms in total. The smallest absolute Gasteiger partial charge is 0.101 e. The van der Waals surface area contributed by atoms with Crippen molar-refractivity contribution in [2.24, 2.45) is 5.73 Å². The summed E-state index contributed by atoms with van der Waals surface area (Å²) in [6, 6.07) is 0. The lowest BCUT2D eigenvalue weighted by Gasteiger charge is -1.97. The SMILES string of the molecule is CC(=N)SC(N)S. The van der Waals surface area contributed by atoms with Gasteiger partial charge in [0.2, 0.25) is 0 Å². The molecule has 0 aliphatic heterocycles. The highest BCUT2D eigenvalue weighted by Gasteiger charge is 1.93. The molecule has 0 rings (SSSR count). The molecule has 0 heterocycles. The van der Waals surface area contributed by atoms with Crippen LogP contribution in [0.1, 0.15) is 6.92 Å². The van der Waals surface area contributed by atoms with E-state index < -0.39 is 0 Å². The summed E-state index contributed by atoms with van der Waals surface area (Å²) in [7, 11) is 0. The Morgan fingerprint density at radius 2 is 2.43 bits per heavy atom. The number of thioether (sulfide) groups is 1. The van der Waals surface area contributed by atoms with Crippen LogP contribution in [-0.4, -0.2) is 9.75 Å². The van der Waals surface area contributed by atoms with Crippen molar-refractivity contribution in [1.29, 1.82) is 5.41 Å². The number of hydrogen-bond donors (Lipinski definition) is 3. The summed E-state index contributed by atoms with van der Waals surface area (Å²) in [5.41, 5.74) is 5.18. The maximum absolute atomic E-state index is 6.86. The fourth-order valence-electron chi connectivity index (χ4n) is 0.181. The van der Waals surface area contributed by atoms with Crippen LogP contribution >= 0.6 is 24.4 Å². The fourth-order valence-corrected chi connectivity index (χ4v) is 1.02. The third-order valence-corrected chi connectivity index (χ3v) is 1.21. The van der Waals surface area contributed by atoms with E-state index in [4.69, 9.17) is 11.1 Å². The van der Waals surface area contributed by atoms with E-state index in [0.717, 1.165) is 0 Å². The van der Waals surface area contributed by atoms with Gasteiger partial charge in [-0.25, -0.2) is 0 Å². The summed E-state index contributed by atoms with van der Waals surface area (Å²) in [5.74, 6) is 0. The van der Waals surface area contributed by atoms with Gasteiger partial charge in [0.15, 0.2) is 0 Å². The van der Waals surface area contributed by atoms with Gasteiger partial charge in [-0.3, -0.25) is 5.41 Å². The Bertz CT molecular complexity index is 71.3. The molecule has 0 amide bonds. The molecule has 0 fully saturated rings. The average Bonchev–Trinajstić information content (AvgIpc) is 1.27. The third kappa shape index (κ3) is 6.33. The summed E-state index contributed by atoms with van der Waals surface area (Å²) in [6.07, 6.45) is 0. The molecule has 0 aromatic carbocycles. The summed E-state index contributed by atoms with van der Waals surface area (Å²) >= 11 is 5.07. The van der Waals surface area contributed by atoms with Crippen molar-refractivity contribution in [2.75, 3.05) is 0 Å². The zero-order valence-corrected chi connectivity index (χ0v) is 5.72. The molecule has 0 aliphatic carbocycles. The highest BCUT2D eigenvalue weighted by Crippen LogP contribution is 2.08. The van der Waals surface area contributed by atoms with E-state index in [-0.39, 0.29) is 4.71 Å². The normalized spacial score (nSPS) is 13.6. The van der Waals surface area contributed by atoms with Gasteiger partial charge in [0, 0.05) is 0 Å². The third-order valence-electron chi connectivity index (χ3n) is 0.298. The predicted octanol–water partition coefficient (Wildman–Crippen LogP) is 0.889. The quantitative estimate of drug-likeness (QED) is 0.217. The van der Waals surface area contributed by atoms with Crippen LogP contribution in [0.15, 0.2) is 0 Å². The molecule has 0 aromatic rings. The van der Waals surface area contributed by atoms with Crippen molar-refractivity contribution in [1.82, 2.24) is 0 Å². The molecule has 0 saturated heterocycles. The Morgan fingerprint density at radius 3 is 2.43 bits per heavy atom. The van der Waals surface area contributed by atoms with Crippen LogP contribution in [0.2, 0.25) is 0 Å². The van der Waals surface area contributed by atoms with E-state index in [1.807, 2.05) is 0 Å². The maximum Gasteiger partial charge on any atom is 0.101 e. The van der Waals surface area contributed by atoms with E-state index in [0.29, 0.717) is 5.04 Å². The second-order valence-corrected chi connectivity index (χ2v) is 3.33. The Labute approximate surface area is 52.8 Å². The minimum atomic E-state index is -0.238. The first-order valence-corrected chi connectivity index (χ1v) is 3.18. The molecule has 0 aliphatic rings. The van der Waals surface area contributed by atoms with Gasteiger partial charge < -0.3 is 5.73 Å². The molecule has 4 heteroatoms. The molecule has 0 radical (unpaired) electrons. The van der Waals surface area contributed by atoms with Crippen LogP contribution in [0.4, 0.5) is 0 Å². The average molecular weight is 136 g/mol. The zero-order valence-electron chi connectivity index (χ0n) is 4.01. The lowest BCUT2D eigenvalue weighted by atomic mass is 10.9. The van der Waals surface area contributed by atoms with Gasteiger partial charge in [0.1, 0.15) is 4.71 Å². The number of thiol groups is 1. The molecule has 7 heavy (non-hydrogen) atoms. The topological polar surface area (TPSA) is 49.9 Å². The second-order valence-electron chi connectivity index (χ2n) is 1.06. The van der Waals surface area contributed by atoms with Crippen molar-refractivity contribution in [3.05, 3.63) is 0 Å². The van der Waals surface area contributed by atoms with Crippen LogP contribution in [0.3, 0.4) is 0 Å². The number of nitrogens with two attached hydrogens (primary N) is 1. The Morgan fingerprint density at radius 1 is 2.00 bits per heavy atom. The largest absolute Gasteiger partial charge is 0.311 e. The Kier molecular flexibility index (Phi) is 3.50. The Hall–Kier alpha value is 0.330. The highest BCUT2D eigenvalue weighted by molar-refractivity contribution is 8.20. The van der Waals surface area contributed by atoms with Crippen molar-refractivity contribution < 1.29 is 0 Å². The van der Waals surface area contributed by atoms with Crippen LogP contribution in [-0.2, 0) is 0 Å². The molecule has 0 aromatic heterocycles. The molecule has 3 N–H and O–H groups in total. The van der Waals surface area contributed by atoms with E-state index in [9.17, 15) is 0 Å². The molecule has 0 spiro atoms. The summed E-state index contributed by atoms with van der Waals surface area (Å²) in [6.45, 7) is 1.68. The fraction of sp³-hybridized carbons (Fsp3) is 0.667. The first kappa shape index (κ1) is 7.33. The first-order valence-electron chi connectivity index (χ1n) is 1.78. The molecular weight excluding hydrogens is 128 g/mol. The van der Waals surface area contributed by atoms with E-state index in [1.165, 1.54) is 11.8 Å². The summed E-state index contributed by atoms with van der Waals surface area (Å²) in [5, 5.41) is 7.36. The number of nitrogens with one attached hydrogen (secondary N) is 1. The van der Waals surface area contributed by atoms with Gasteiger partial charge >= 0.3 is 0 Å². The van der Waals surface area contributed by atoms with E-state index in [2.05, 4.69) is 12.6 Å². The van der Waals surface area contributed by atoms with Crippen molar-refractivity contribution in [3.63, 3.8) is 0 Å². The number of hydrogen-bond acceptors (Lipinski definition) is 4.